The zero-order valence-corrected chi connectivity index (χ0v) is 19.6. The fourth-order valence-corrected chi connectivity index (χ4v) is 5.75. The summed E-state index contributed by atoms with van der Waals surface area (Å²) in [7, 11) is -3.72. The lowest BCUT2D eigenvalue weighted by Gasteiger charge is -2.31. The van der Waals surface area contributed by atoms with Crippen LogP contribution in [-0.2, 0) is 21.4 Å². The van der Waals surface area contributed by atoms with E-state index in [1.807, 2.05) is 28.8 Å². The van der Waals surface area contributed by atoms with E-state index in [4.69, 9.17) is 0 Å². The molecule has 0 saturated carbocycles. The molecule has 0 spiro atoms. The zero-order valence-electron chi connectivity index (χ0n) is 18.8. The molecule has 1 aliphatic rings. The number of aromatic nitrogens is 4. The van der Waals surface area contributed by atoms with Gasteiger partial charge in [-0.15, -0.1) is 10.2 Å². The first-order chi connectivity index (χ1) is 15.8. The molecule has 0 bridgehead atoms. The number of likely N-dealkylation sites (tertiary alicyclic amines) is 1. The van der Waals surface area contributed by atoms with Crippen LogP contribution < -0.4 is 5.56 Å². The van der Waals surface area contributed by atoms with Gasteiger partial charge in [0.25, 0.3) is 5.56 Å². The number of hydrogen-bond donors (Lipinski definition) is 0. The largest absolute Gasteiger partial charge is 0.341 e. The molecule has 1 saturated heterocycles. The molecule has 10 nitrogen and oxygen atoms in total. The molecule has 1 aliphatic heterocycles. The minimum Gasteiger partial charge on any atom is -0.341 e. The van der Waals surface area contributed by atoms with E-state index < -0.39 is 15.6 Å². The van der Waals surface area contributed by atoms with Crippen LogP contribution in [0.15, 0.2) is 52.4 Å². The molecule has 0 aromatic carbocycles. The Bertz CT molecular complexity index is 1300. The van der Waals surface area contributed by atoms with Crippen molar-refractivity contribution in [2.45, 2.75) is 44.0 Å². The minimum atomic E-state index is -3.72. The van der Waals surface area contributed by atoms with Crippen LogP contribution >= 0.6 is 0 Å². The van der Waals surface area contributed by atoms with Gasteiger partial charge in [0.15, 0.2) is 5.65 Å². The predicted molar refractivity (Wildman–Crippen MR) is 122 cm³/mol. The van der Waals surface area contributed by atoms with Crippen molar-refractivity contribution in [3.05, 3.63) is 58.9 Å². The fraction of sp³-hybridized carbons (Fsp3) is 0.455. The van der Waals surface area contributed by atoms with E-state index in [9.17, 15) is 18.0 Å². The van der Waals surface area contributed by atoms with Crippen LogP contribution in [0.3, 0.4) is 0 Å². The van der Waals surface area contributed by atoms with Crippen LogP contribution in [0, 0.1) is 0 Å². The number of fused-ring (bicyclic) bond motifs is 1. The fourth-order valence-electron chi connectivity index (χ4n) is 4.27. The molecule has 3 aromatic heterocycles. The molecule has 4 heterocycles. The lowest BCUT2D eigenvalue weighted by Crippen LogP contribution is -2.41. The van der Waals surface area contributed by atoms with Crippen LogP contribution in [0.4, 0.5) is 0 Å². The maximum atomic E-state index is 12.9. The highest BCUT2D eigenvalue weighted by atomic mass is 32.2. The second-order valence-electron chi connectivity index (χ2n) is 8.06. The number of hydrogen-bond acceptors (Lipinski definition) is 6. The highest BCUT2D eigenvalue weighted by molar-refractivity contribution is 7.89. The smallest absolute Gasteiger partial charge is 0.251 e. The van der Waals surface area contributed by atoms with Crippen molar-refractivity contribution in [3.8, 4) is 0 Å². The lowest BCUT2D eigenvalue weighted by molar-refractivity contribution is -0.133. The van der Waals surface area contributed by atoms with Crippen LogP contribution in [0.1, 0.15) is 38.4 Å². The van der Waals surface area contributed by atoms with Gasteiger partial charge >= 0.3 is 0 Å². The SMILES string of the molecule is CCN(CC)S(=O)(=O)c1ccc(=O)n(CC(=O)N2CCC(c3nnc4ccccn34)CC2)c1. The Balaban J connectivity index is 1.45. The van der Waals surface area contributed by atoms with Crippen molar-refractivity contribution >= 4 is 21.6 Å². The standard InChI is InChI=1S/C22H28N6O4S/c1-3-27(4-2)33(31,32)18-8-9-20(29)26(15-18)16-21(30)25-13-10-17(11-14-25)22-24-23-19-7-5-6-12-28(19)22/h5-9,12,15,17H,3-4,10-11,13-14,16H2,1-2H3. The molecule has 0 aliphatic carbocycles. The van der Waals surface area contributed by atoms with Crippen LogP contribution in [0.5, 0.6) is 0 Å². The average Bonchev–Trinajstić information content (AvgIpc) is 3.25. The summed E-state index contributed by atoms with van der Waals surface area (Å²) in [5.74, 6) is 0.874. The number of carbonyl (C=O) groups excluding carboxylic acids is 1. The number of piperidine rings is 1. The van der Waals surface area contributed by atoms with E-state index in [0.29, 0.717) is 26.2 Å². The first-order valence-electron chi connectivity index (χ1n) is 11.1. The highest BCUT2D eigenvalue weighted by Crippen LogP contribution is 2.27. The number of carbonyl (C=O) groups is 1. The molecule has 0 unspecified atom stereocenters. The molecule has 1 amide bonds. The van der Waals surface area contributed by atoms with Gasteiger partial charge in [-0.05, 0) is 31.0 Å². The molecule has 0 radical (unpaired) electrons. The van der Waals surface area contributed by atoms with Gasteiger partial charge in [0.05, 0.1) is 4.90 Å². The van der Waals surface area contributed by atoms with Gasteiger partial charge < -0.3 is 9.47 Å². The summed E-state index contributed by atoms with van der Waals surface area (Å²) >= 11 is 0. The van der Waals surface area contributed by atoms with E-state index >= 15 is 0 Å². The van der Waals surface area contributed by atoms with Gasteiger partial charge in [-0.3, -0.25) is 14.0 Å². The Labute approximate surface area is 192 Å². The van der Waals surface area contributed by atoms with E-state index in [1.54, 1.807) is 18.7 Å². The van der Waals surface area contributed by atoms with Crippen molar-refractivity contribution in [2.75, 3.05) is 26.2 Å². The van der Waals surface area contributed by atoms with Crippen LogP contribution in [0.25, 0.3) is 5.65 Å². The Kier molecular flexibility index (Phi) is 6.61. The molecule has 1 fully saturated rings. The van der Waals surface area contributed by atoms with Gasteiger partial charge in [0.1, 0.15) is 12.4 Å². The average molecular weight is 473 g/mol. The van der Waals surface area contributed by atoms with E-state index in [2.05, 4.69) is 10.2 Å². The first-order valence-corrected chi connectivity index (χ1v) is 12.6. The topological polar surface area (TPSA) is 110 Å². The monoisotopic (exact) mass is 472 g/mol. The van der Waals surface area contributed by atoms with Crippen molar-refractivity contribution in [1.29, 1.82) is 0 Å². The molecular formula is C22H28N6O4S. The minimum absolute atomic E-state index is 0.0102. The Morgan fingerprint density at radius 2 is 1.82 bits per heavy atom. The number of sulfonamides is 1. The maximum Gasteiger partial charge on any atom is 0.251 e. The van der Waals surface area contributed by atoms with Gasteiger partial charge in [0, 0.05) is 50.6 Å². The van der Waals surface area contributed by atoms with Gasteiger partial charge in [0.2, 0.25) is 15.9 Å². The summed E-state index contributed by atoms with van der Waals surface area (Å²) < 4.78 is 30.0. The quantitative estimate of drug-likeness (QED) is 0.513. The summed E-state index contributed by atoms with van der Waals surface area (Å²) in [5.41, 5.74) is 0.386. The summed E-state index contributed by atoms with van der Waals surface area (Å²) in [6.07, 6.45) is 4.69. The summed E-state index contributed by atoms with van der Waals surface area (Å²) in [6.45, 7) is 5.05. The van der Waals surface area contributed by atoms with Crippen molar-refractivity contribution in [2.24, 2.45) is 0 Å². The number of nitrogens with zero attached hydrogens (tertiary/aromatic N) is 6. The van der Waals surface area contributed by atoms with Crippen LogP contribution in [-0.4, -0.2) is 68.9 Å². The van der Waals surface area contributed by atoms with Crippen molar-refractivity contribution in [1.82, 2.24) is 28.4 Å². The molecule has 33 heavy (non-hydrogen) atoms. The van der Waals surface area contributed by atoms with Gasteiger partial charge in [-0.25, -0.2) is 8.42 Å². The first kappa shape index (κ1) is 23.1. The third-order valence-electron chi connectivity index (χ3n) is 6.16. The molecular weight excluding hydrogens is 444 g/mol. The summed E-state index contributed by atoms with van der Waals surface area (Å²) in [5, 5.41) is 8.54. The van der Waals surface area contributed by atoms with E-state index in [-0.39, 0.29) is 23.3 Å². The number of pyridine rings is 2. The van der Waals surface area contributed by atoms with Gasteiger partial charge in [-0.1, -0.05) is 19.9 Å². The molecule has 3 aromatic rings. The normalized spacial score (nSPS) is 15.4. The second-order valence-corrected chi connectivity index (χ2v) is 10.0. The number of amides is 1. The molecule has 11 heteroatoms. The Morgan fingerprint density at radius 1 is 1.09 bits per heavy atom. The lowest BCUT2D eigenvalue weighted by atomic mass is 9.96. The third-order valence-corrected chi connectivity index (χ3v) is 8.19. The Hall–Kier alpha value is -3.05. The summed E-state index contributed by atoms with van der Waals surface area (Å²) in [6, 6.07) is 8.25. The van der Waals surface area contributed by atoms with E-state index in [1.165, 1.54) is 27.2 Å². The van der Waals surface area contributed by atoms with Crippen molar-refractivity contribution < 1.29 is 13.2 Å². The molecule has 0 atom stereocenters. The molecule has 176 valence electrons. The number of rotatable bonds is 7. The van der Waals surface area contributed by atoms with Crippen molar-refractivity contribution in [3.63, 3.8) is 0 Å². The highest BCUT2D eigenvalue weighted by Gasteiger charge is 2.28. The molecule has 0 N–H and O–H groups in total. The molecule has 4 rings (SSSR count). The third kappa shape index (κ3) is 4.55. The Morgan fingerprint density at radius 3 is 2.52 bits per heavy atom. The predicted octanol–water partition coefficient (Wildman–Crippen LogP) is 1.33. The van der Waals surface area contributed by atoms with Crippen LogP contribution in [0.2, 0.25) is 0 Å². The van der Waals surface area contributed by atoms with E-state index in [0.717, 1.165) is 24.3 Å². The zero-order chi connectivity index (χ0) is 23.6. The second kappa shape index (κ2) is 9.44. The van der Waals surface area contributed by atoms with Gasteiger partial charge in [-0.2, -0.15) is 4.31 Å². The maximum absolute atomic E-state index is 12.9. The summed E-state index contributed by atoms with van der Waals surface area (Å²) in [4.78, 5) is 27.0.